The highest BCUT2D eigenvalue weighted by Crippen LogP contribution is 2.24. The second-order valence-electron chi connectivity index (χ2n) is 3.56. The van der Waals surface area contributed by atoms with E-state index >= 15 is 0 Å². The highest BCUT2D eigenvalue weighted by Gasteiger charge is 2.25. The normalized spacial score (nSPS) is 34.2. The minimum absolute atomic E-state index is 0.764. The van der Waals surface area contributed by atoms with Crippen molar-refractivity contribution in [1.29, 1.82) is 0 Å². The lowest BCUT2D eigenvalue weighted by Gasteiger charge is -2.36. The van der Waals surface area contributed by atoms with Gasteiger partial charge in [-0.2, -0.15) is 0 Å². The zero-order chi connectivity index (χ0) is 8.39. The lowest BCUT2D eigenvalue weighted by Crippen LogP contribution is -2.42. The predicted octanol–water partition coefficient (Wildman–Crippen LogP) is 0.108. The Balaban J connectivity index is 1.85. The first-order chi connectivity index (χ1) is 5.86. The van der Waals surface area contributed by atoms with Gasteiger partial charge in [0.15, 0.2) is 0 Å². The predicted molar refractivity (Wildman–Crippen MR) is 50.2 cm³/mol. The molecule has 1 saturated carbocycles. The van der Waals surface area contributed by atoms with Crippen molar-refractivity contribution in [3.8, 4) is 0 Å². The summed E-state index contributed by atoms with van der Waals surface area (Å²) in [5.74, 6) is 0.802. The van der Waals surface area contributed by atoms with Gasteiger partial charge in [-0.05, 0) is 12.8 Å². The van der Waals surface area contributed by atoms with Crippen molar-refractivity contribution in [3.63, 3.8) is 0 Å². The Morgan fingerprint density at radius 1 is 1.33 bits per heavy atom. The van der Waals surface area contributed by atoms with Gasteiger partial charge < -0.3 is 0 Å². The number of nitrogens with zero attached hydrogens (tertiary/aromatic N) is 1. The van der Waals surface area contributed by atoms with E-state index in [1.165, 1.54) is 19.3 Å². The maximum absolute atomic E-state index is 11.1. The fourth-order valence-corrected chi connectivity index (χ4v) is 2.67. The van der Waals surface area contributed by atoms with Crippen LogP contribution in [-0.2, 0) is 11.0 Å². The first-order valence-corrected chi connectivity index (χ1v) is 6.04. The van der Waals surface area contributed by atoms with E-state index in [-0.39, 0.29) is 0 Å². The topological polar surface area (TPSA) is 32.3 Å². The van der Waals surface area contributed by atoms with Gasteiger partial charge >= 0.3 is 0 Å². The highest BCUT2D eigenvalue weighted by atomic mass is 32.2. The van der Waals surface area contributed by atoms with Crippen LogP contribution in [0.5, 0.6) is 0 Å². The molecule has 1 unspecified atom stereocenters. The van der Waals surface area contributed by atoms with Gasteiger partial charge in [0.25, 0.3) is 0 Å². The van der Waals surface area contributed by atoms with E-state index < -0.39 is 11.0 Å². The van der Waals surface area contributed by atoms with Crippen molar-refractivity contribution in [3.05, 3.63) is 0 Å². The van der Waals surface area contributed by atoms with Crippen LogP contribution in [0.3, 0.4) is 0 Å². The molecule has 2 aliphatic rings. The summed E-state index contributed by atoms with van der Waals surface area (Å²) in [7, 11) is -0.764. The Morgan fingerprint density at radius 3 is 2.83 bits per heavy atom. The van der Waals surface area contributed by atoms with Gasteiger partial charge in [0.2, 0.25) is 0 Å². The van der Waals surface area contributed by atoms with Crippen molar-refractivity contribution < 1.29 is 4.21 Å². The summed E-state index contributed by atoms with van der Waals surface area (Å²) in [6, 6.07) is 0.807. The Bertz CT molecular complexity index is 182. The molecule has 0 radical (unpaired) electrons. The van der Waals surface area contributed by atoms with Crippen LogP contribution >= 0.6 is 0 Å². The summed E-state index contributed by atoms with van der Waals surface area (Å²) in [6.07, 6.45) is 4.09. The molecular formula is C8H16N2OS. The smallest absolute Gasteiger partial charge is 0.0928 e. The average Bonchev–Trinajstić information content (AvgIpc) is 2.12. The Morgan fingerprint density at radius 2 is 2.17 bits per heavy atom. The molecule has 2 fully saturated rings. The van der Waals surface area contributed by atoms with Crippen LogP contribution in [0.15, 0.2) is 0 Å². The van der Waals surface area contributed by atoms with Crippen molar-refractivity contribution in [1.82, 2.24) is 9.62 Å². The van der Waals surface area contributed by atoms with Crippen LogP contribution in [0.4, 0.5) is 0 Å². The van der Waals surface area contributed by atoms with Crippen LogP contribution in [0.1, 0.15) is 19.3 Å². The molecule has 1 heterocycles. The zero-order valence-corrected chi connectivity index (χ0v) is 8.11. The Kier molecular flexibility index (Phi) is 2.78. The molecule has 0 bridgehead atoms. The van der Waals surface area contributed by atoms with Gasteiger partial charge in [-0.1, -0.05) is 6.42 Å². The Hall–Kier alpha value is 0.0700. The molecule has 0 aromatic heterocycles. The van der Waals surface area contributed by atoms with E-state index in [4.69, 9.17) is 0 Å². The molecule has 0 aromatic carbocycles. The van der Waals surface area contributed by atoms with Crippen molar-refractivity contribution in [2.75, 3.05) is 25.4 Å². The minimum Gasteiger partial charge on any atom is -0.298 e. The summed E-state index contributed by atoms with van der Waals surface area (Å²) in [6.45, 7) is 2.99. The highest BCUT2D eigenvalue weighted by molar-refractivity contribution is 7.83. The van der Waals surface area contributed by atoms with Crippen molar-refractivity contribution in [2.45, 2.75) is 25.3 Å². The molecule has 1 aliphatic carbocycles. The maximum Gasteiger partial charge on any atom is 0.0928 e. The summed E-state index contributed by atoms with van der Waals surface area (Å²) in [5.41, 5.74) is 0. The minimum atomic E-state index is -0.764. The SMILES string of the molecule is O=S1CCN(C2CCC2)CCN1. The number of hydrogen-bond donors (Lipinski definition) is 1. The third-order valence-electron chi connectivity index (χ3n) is 2.82. The van der Waals surface area contributed by atoms with E-state index in [2.05, 4.69) is 9.62 Å². The standard InChI is InChI=1S/C8H16N2OS/c11-12-7-6-10(5-4-9-12)8-2-1-3-8/h8-9H,1-7H2. The third kappa shape index (κ3) is 1.87. The molecule has 0 spiro atoms. The molecule has 1 saturated heterocycles. The molecule has 0 aromatic rings. The van der Waals surface area contributed by atoms with Gasteiger partial charge in [-0.25, -0.2) is 8.93 Å². The second kappa shape index (κ2) is 3.85. The lowest BCUT2D eigenvalue weighted by atomic mass is 9.91. The first-order valence-electron chi connectivity index (χ1n) is 4.72. The van der Waals surface area contributed by atoms with Gasteiger partial charge in [-0.15, -0.1) is 0 Å². The fourth-order valence-electron chi connectivity index (χ4n) is 1.80. The van der Waals surface area contributed by atoms with E-state index in [0.29, 0.717) is 0 Å². The summed E-state index contributed by atoms with van der Waals surface area (Å²) in [5, 5.41) is 0. The van der Waals surface area contributed by atoms with Gasteiger partial charge in [0, 0.05) is 25.7 Å². The molecule has 0 amide bonds. The van der Waals surface area contributed by atoms with E-state index in [1.807, 2.05) is 0 Å². The molecule has 2 rings (SSSR count). The van der Waals surface area contributed by atoms with Crippen molar-refractivity contribution in [2.24, 2.45) is 0 Å². The zero-order valence-electron chi connectivity index (χ0n) is 7.29. The molecule has 1 aliphatic heterocycles. The van der Waals surface area contributed by atoms with Crippen LogP contribution in [0.25, 0.3) is 0 Å². The van der Waals surface area contributed by atoms with Crippen LogP contribution < -0.4 is 4.72 Å². The summed E-state index contributed by atoms with van der Waals surface area (Å²) in [4.78, 5) is 2.49. The van der Waals surface area contributed by atoms with E-state index in [0.717, 1.165) is 31.4 Å². The van der Waals surface area contributed by atoms with Crippen LogP contribution in [0, 0.1) is 0 Å². The number of rotatable bonds is 1. The largest absolute Gasteiger partial charge is 0.298 e. The monoisotopic (exact) mass is 188 g/mol. The van der Waals surface area contributed by atoms with Gasteiger partial charge in [0.05, 0.1) is 16.7 Å². The maximum atomic E-state index is 11.1. The van der Waals surface area contributed by atoms with E-state index in [1.54, 1.807) is 0 Å². The molecular weight excluding hydrogens is 172 g/mol. The van der Waals surface area contributed by atoms with Crippen LogP contribution in [0.2, 0.25) is 0 Å². The average molecular weight is 188 g/mol. The second-order valence-corrected chi connectivity index (χ2v) is 4.95. The quantitative estimate of drug-likeness (QED) is 0.633. The number of nitrogens with one attached hydrogen (secondary N) is 1. The molecule has 1 N–H and O–H groups in total. The molecule has 3 nitrogen and oxygen atoms in total. The van der Waals surface area contributed by atoms with Gasteiger partial charge in [0.1, 0.15) is 0 Å². The molecule has 1 atom stereocenters. The molecule has 12 heavy (non-hydrogen) atoms. The van der Waals surface area contributed by atoms with Gasteiger partial charge in [-0.3, -0.25) is 4.90 Å². The molecule has 70 valence electrons. The first kappa shape index (κ1) is 8.66. The fraction of sp³-hybridized carbons (Fsp3) is 1.00. The summed E-state index contributed by atoms with van der Waals surface area (Å²) < 4.78 is 14.1. The van der Waals surface area contributed by atoms with Crippen molar-refractivity contribution >= 4 is 11.0 Å². The Labute approximate surface area is 76.1 Å². The summed E-state index contributed by atoms with van der Waals surface area (Å²) >= 11 is 0. The molecule has 4 heteroatoms. The lowest BCUT2D eigenvalue weighted by molar-refractivity contribution is 0.140. The number of hydrogen-bond acceptors (Lipinski definition) is 2. The third-order valence-corrected chi connectivity index (χ3v) is 3.90. The van der Waals surface area contributed by atoms with Crippen LogP contribution in [-0.4, -0.2) is 40.5 Å². The van der Waals surface area contributed by atoms with E-state index in [9.17, 15) is 4.21 Å².